The first-order valence-electron chi connectivity index (χ1n) is 8.38. The second-order valence-electron chi connectivity index (χ2n) is 6.68. The van der Waals surface area contributed by atoms with Gasteiger partial charge in [0.1, 0.15) is 0 Å². The summed E-state index contributed by atoms with van der Waals surface area (Å²) >= 11 is 0. The molecule has 1 aliphatic heterocycles. The van der Waals surface area contributed by atoms with Gasteiger partial charge in [0.15, 0.2) is 0 Å². The van der Waals surface area contributed by atoms with E-state index in [1.54, 1.807) is 0 Å². The van der Waals surface area contributed by atoms with Crippen molar-refractivity contribution >= 4 is 0 Å². The first-order chi connectivity index (χ1) is 9.25. The predicted molar refractivity (Wildman–Crippen MR) is 82.6 cm³/mol. The summed E-state index contributed by atoms with van der Waals surface area (Å²) in [4.78, 5) is 5.06. The van der Waals surface area contributed by atoms with E-state index in [-0.39, 0.29) is 0 Å². The summed E-state index contributed by atoms with van der Waals surface area (Å²) < 4.78 is 0. The van der Waals surface area contributed by atoms with E-state index in [2.05, 4.69) is 29.2 Å². The predicted octanol–water partition coefficient (Wildman–Crippen LogP) is 2.32. The molecule has 0 spiro atoms. The standard InChI is InChI=1S/C16H33N3/c1-18(14-16-8-7-13-19(16)2)12-6-4-3-5-11-17-15-9-10-15/h15-17H,3-14H2,1-2H3. The summed E-state index contributed by atoms with van der Waals surface area (Å²) in [7, 11) is 4.57. The molecule has 2 aliphatic rings. The third-order valence-corrected chi connectivity index (χ3v) is 4.67. The molecule has 112 valence electrons. The van der Waals surface area contributed by atoms with Gasteiger partial charge in [-0.3, -0.25) is 0 Å². The largest absolute Gasteiger partial charge is 0.314 e. The Hall–Kier alpha value is -0.120. The fourth-order valence-electron chi connectivity index (χ4n) is 3.11. The Labute approximate surface area is 119 Å². The van der Waals surface area contributed by atoms with Crippen molar-refractivity contribution in [3.05, 3.63) is 0 Å². The highest BCUT2D eigenvalue weighted by Crippen LogP contribution is 2.18. The van der Waals surface area contributed by atoms with Gasteiger partial charge in [-0.05, 0) is 72.3 Å². The van der Waals surface area contributed by atoms with Crippen molar-refractivity contribution in [3.63, 3.8) is 0 Å². The first-order valence-corrected chi connectivity index (χ1v) is 8.38. The molecule has 3 heteroatoms. The van der Waals surface area contributed by atoms with E-state index < -0.39 is 0 Å². The molecule has 2 rings (SSSR count). The maximum Gasteiger partial charge on any atom is 0.0220 e. The molecule has 0 aromatic rings. The van der Waals surface area contributed by atoms with E-state index in [9.17, 15) is 0 Å². The molecule has 19 heavy (non-hydrogen) atoms. The Morgan fingerprint density at radius 1 is 1.11 bits per heavy atom. The highest BCUT2D eigenvalue weighted by atomic mass is 15.2. The molecular weight excluding hydrogens is 234 g/mol. The van der Waals surface area contributed by atoms with Gasteiger partial charge < -0.3 is 15.1 Å². The van der Waals surface area contributed by atoms with E-state index in [1.165, 1.54) is 77.5 Å². The lowest BCUT2D eigenvalue weighted by molar-refractivity contribution is 0.217. The molecule has 1 atom stereocenters. The zero-order chi connectivity index (χ0) is 13.5. The van der Waals surface area contributed by atoms with Gasteiger partial charge in [0.25, 0.3) is 0 Å². The molecule has 3 nitrogen and oxygen atoms in total. The summed E-state index contributed by atoms with van der Waals surface area (Å²) in [6, 6.07) is 1.70. The molecule has 1 saturated heterocycles. The molecule has 1 heterocycles. The number of nitrogens with one attached hydrogen (secondary N) is 1. The lowest BCUT2D eigenvalue weighted by Crippen LogP contribution is -2.37. The number of hydrogen-bond donors (Lipinski definition) is 1. The molecular formula is C16H33N3. The average molecular weight is 267 g/mol. The summed E-state index contributed by atoms with van der Waals surface area (Å²) in [5.41, 5.74) is 0. The van der Waals surface area contributed by atoms with E-state index in [1.807, 2.05) is 0 Å². The van der Waals surface area contributed by atoms with Gasteiger partial charge in [-0.2, -0.15) is 0 Å². The minimum Gasteiger partial charge on any atom is -0.314 e. The van der Waals surface area contributed by atoms with Crippen molar-refractivity contribution in [3.8, 4) is 0 Å². The van der Waals surface area contributed by atoms with Gasteiger partial charge in [0, 0.05) is 18.6 Å². The second kappa shape index (κ2) is 8.23. The third-order valence-electron chi connectivity index (χ3n) is 4.67. The van der Waals surface area contributed by atoms with E-state index in [4.69, 9.17) is 0 Å². The van der Waals surface area contributed by atoms with Gasteiger partial charge >= 0.3 is 0 Å². The second-order valence-corrected chi connectivity index (χ2v) is 6.68. The minimum atomic E-state index is 0.813. The highest BCUT2D eigenvalue weighted by molar-refractivity contribution is 4.80. The number of likely N-dealkylation sites (N-methyl/N-ethyl adjacent to an activating group) is 2. The Morgan fingerprint density at radius 2 is 1.89 bits per heavy atom. The molecule has 0 aromatic carbocycles. The van der Waals surface area contributed by atoms with Gasteiger partial charge in [0.05, 0.1) is 0 Å². The smallest absolute Gasteiger partial charge is 0.0220 e. The summed E-state index contributed by atoms with van der Waals surface area (Å²) in [6.45, 7) is 5.08. The highest BCUT2D eigenvalue weighted by Gasteiger charge is 2.21. The van der Waals surface area contributed by atoms with Crippen molar-refractivity contribution in [2.24, 2.45) is 0 Å². The van der Waals surface area contributed by atoms with Gasteiger partial charge in [-0.1, -0.05) is 12.8 Å². The zero-order valence-corrected chi connectivity index (χ0v) is 13.0. The van der Waals surface area contributed by atoms with Crippen LogP contribution in [0, 0.1) is 0 Å². The quantitative estimate of drug-likeness (QED) is 0.613. The normalized spacial score (nSPS) is 24.5. The molecule has 1 aliphatic carbocycles. The summed E-state index contributed by atoms with van der Waals surface area (Å²) in [5.74, 6) is 0. The Balaban J connectivity index is 1.39. The average Bonchev–Trinajstić information content (AvgIpc) is 3.13. The van der Waals surface area contributed by atoms with E-state index in [0.717, 1.165) is 12.1 Å². The van der Waals surface area contributed by atoms with Crippen LogP contribution in [0.1, 0.15) is 51.4 Å². The van der Waals surface area contributed by atoms with Crippen LogP contribution >= 0.6 is 0 Å². The molecule has 1 N–H and O–H groups in total. The maximum atomic E-state index is 3.59. The van der Waals surface area contributed by atoms with Gasteiger partial charge in [-0.15, -0.1) is 0 Å². The van der Waals surface area contributed by atoms with Crippen LogP contribution in [0.5, 0.6) is 0 Å². The van der Waals surface area contributed by atoms with E-state index >= 15 is 0 Å². The van der Waals surface area contributed by atoms with Crippen LogP contribution in [0.4, 0.5) is 0 Å². The molecule has 2 fully saturated rings. The van der Waals surface area contributed by atoms with Gasteiger partial charge in [-0.25, -0.2) is 0 Å². The maximum absolute atomic E-state index is 3.59. The van der Waals surface area contributed by atoms with Crippen molar-refractivity contribution in [2.45, 2.75) is 63.5 Å². The first kappa shape index (κ1) is 15.3. The summed E-state index contributed by atoms with van der Waals surface area (Å²) in [5, 5.41) is 3.59. The number of unbranched alkanes of at least 4 members (excludes halogenated alkanes) is 3. The van der Waals surface area contributed by atoms with Crippen molar-refractivity contribution in [1.29, 1.82) is 0 Å². The number of nitrogens with zero attached hydrogens (tertiary/aromatic N) is 2. The number of likely N-dealkylation sites (tertiary alicyclic amines) is 1. The van der Waals surface area contributed by atoms with Crippen LogP contribution in [-0.2, 0) is 0 Å². The third kappa shape index (κ3) is 6.24. The fraction of sp³-hybridized carbons (Fsp3) is 1.00. The number of rotatable bonds is 10. The van der Waals surface area contributed by atoms with Crippen LogP contribution in [0.2, 0.25) is 0 Å². The zero-order valence-electron chi connectivity index (χ0n) is 13.0. The summed E-state index contributed by atoms with van der Waals surface area (Å²) in [6.07, 6.45) is 11.2. The molecule has 0 amide bonds. The monoisotopic (exact) mass is 267 g/mol. The lowest BCUT2D eigenvalue weighted by atomic mass is 10.1. The van der Waals surface area contributed by atoms with Crippen LogP contribution in [0.3, 0.4) is 0 Å². The van der Waals surface area contributed by atoms with Crippen molar-refractivity contribution in [1.82, 2.24) is 15.1 Å². The topological polar surface area (TPSA) is 18.5 Å². The van der Waals surface area contributed by atoms with Crippen LogP contribution in [-0.4, -0.2) is 62.2 Å². The van der Waals surface area contributed by atoms with Crippen molar-refractivity contribution in [2.75, 3.05) is 40.3 Å². The SMILES string of the molecule is CN(CCCCCCNC1CC1)CC1CCCN1C. The van der Waals surface area contributed by atoms with Crippen LogP contribution in [0.25, 0.3) is 0 Å². The lowest BCUT2D eigenvalue weighted by Gasteiger charge is -2.25. The van der Waals surface area contributed by atoms with Crippen LogP contribution < -0.4 is 5.32 Å². The Kier molecular flexibility index (Phi) is 6.62. The molecule has 1 unspecified atom stereocenters. The Morgan fingerprint density at radius 3 is 2.58 bits per heavy atom. The van der Waals surface area contributed by atoms with Crippen LogP contribution in [0.15, 0.2) is 0 Å². The van der Waals surface area contributed by atoms with Gasteiger partial charge in [0.2, 0.25) is 0 Å². The fourth-order valence-corrected chi connectivity index (χ4v) is 3.11. The van der Waals surface area contributed by atoms with Crippen molar-refractivity contribution < 1.29 is 0 Å². The molecule has 0 radical (unpaired) electrons. The molecule has 1 saturated carbocycles. The number of hydrogen-bond acceptors (Lipinski definition) is 3. The molecule has 0 aromatic heterocycles. The molecule has 0 bridgehead atoms. The van der Waals surface area contributed by atoms with E-state index in [0.29, 0.717) is 0 Å². The Bertz CT molecular complexity index is 240. The minimum absolute atomic E-state index is 0.813.